The van der Waals surface area contributed by atoms with E-state index in [4.69, 9.17) is 17.2 Å². The summed E-state index contributed by atoms with van der Waals surface area (Å²) in [6.07, 6.45) is 2.17. The first kappa shape index (κ1) is 11.6. The van der Waals surface area contributed by atoms with Crippen LogP contribution in [0.3, 0.4) is 0 Å². The molecule has 0 saturated heterocycles. The standard InChI is InChI=1S/C11H14B2NO2/c1-15-13-14-7-9-6-5-8-3-2-4-10(12)11(8)16-9/h2-4,9,14H,5-7H2,1H3/t9-/m1/s1. The molecular formula is C11H14B2NO2. The molecule has 0 spiro atoms. The maximum Gasteiger partial charge on any atom is 0.395 e. The molecule has 3 nitrogen and oxygen atoms in total. The van der Waals surface area contributed by atoms with Crippen LogP contribution in [0, 0.1) is 0 Å². The van der Waals surface area contributed by atoms with Gasteiger partial charge in [0.05, 0.1) is 0 Å². The first-order valence-electron chi connectivity index (χ1n) is 5.43. The molecule has 0 fully saturated rings. The molecule has 1 heterocycles. The Labute approximate surface area is 98.2 Å². The van der Waals surface area contributed by atoms with Gasteiger partial charge in [-0.15, -0.1) is 0 Å². The monoisotopic (exact) mass is 214 g/mol. The number of hydrogen-bond donors (Lipinski definition) is 1. The van der Waals surface area contributed by atoms with Gasteiger partial charge < -0.3 is 14.6 Å². The van der Waals surface area contributed by atoms with Gasteiger partial charge in [0.25, 0.3) is 0 Å². The minimum atomic E-state index is 0.156. The van der Waals surface area contributed by atoms with Crippen molar-refractivity contribution in [2.24, 2.45) is 0 Å². The molecule has 0 aliphatic carbocycles. The second kappa shape index (κ2) is 5.41. The number of fused-ring (bicyclic) bond motifs is 1. The number of ether oxygens (including phenoxy) is 1. The van der Waals surface area contributed by atoms with Gasteiger partial charge in [0.15, 0.2) is 0 Å². The van der Waals surface area contributed by atoms with Gasteiger partial charge in [0.1, 0.15) is 19.7 Å². The first-order valence-corrected chi connectivity index (χ1v) is 5.43. The van der Waals surface area contributed by atoms with E-state index in [1.54, 1.807) is 14.7 Å². The molecule has 1 aromatic carbocycles. The quantitative estimate of drug-likeness (QED) is 0.562. The summed E-state index contributed by atoms with van der Waals surface area (Å²) in [5.74, 6) is 0.845. The second-order valence-electron chi connectivity index (χ2n) is 3.88. The zero-order valence-electron chi connectivity index (χ0n) is 9.40. The Bertz CT molecular complexity index is 360. The number of aryl methyl sites for hydroxylation is 1. The Morgan fingerprint density at radius 3 is 3.31 bits per heavy atom. The predicted octanol–water partition coefficient (Wildman–Crippen LogP) is -0.0558. The van der Waals surface area contributed by atoms with Crippen molar-refractivity contribution in [2.75, 3.05) is 13.7 Å². The highest BCUT2D eigenvalue weighted by atomic mass is 16.5. The molecule has 3 radical (unpaired) electrons. The van der Waals surface area contributed by atoms with Crippen LogP contribution >= 0.6 is 0 Å². The predicted molar refractivity (Wildman–Crippen MR) is 65.3 cm³/mol. The third kappa shape index (κ3) is 2.60. The summed E-state index contributed by atoms with van der Waals surface area (Å²) in [6, 6.07) is 5.90. The summed E-state index contributed by atoms with van der Waals surface area (Å²) < 4.78 is 10.7. The molecule has 0 amide bonds. The van der Waals surface area contributed by atoms with Crippen LogP contribution in [0.5, 0.6) is 5.75 Å². The van der Waals surface area contributed by atoms with Crippen molar-refractivity contribution in [1.29, 1.82) is 0 Å². The molecule has 0 bridgehead atoms. The Hall–Kier alpha value is -0.930. The molecule has 0 unspecified atom stereocenters. The molecule has 1 N–H and O–H groups in total. The zero-order valence-corrected chi connectivity index (χ0v) is 9.40. The van der Waals surface area contributed by atoms with Gasteiger partial charge in [0.2, 0.25) is 0 Å². The van der Waals surface area contributed by atoms with E-state index in [0.29, 0.717) is 0 Å². The number of rotatable bonds is 4. The van der Waals surface area contributed by atoms with E-state index in [0.717, 1.165) is 30.6 Å². The van der Waals surface area contributed by atoms with E-state index in [1.165, 1.54) is 5.56 Å². The molecule has 0 saturated carbocycles. The molecule has 81 valence electrons. The van der Waals surface area contributed by atoms with Crippen LogP contribution in [-0.4, -0.2) is 35.2 Å². The van der Waals surface area contributed by atoms with E-state index in [9.17, 15) is 0 Å². The highest BCUT2D eigenvalue weighted by Crippen LogP contribution is 2.24. The van der Waals surface area contributed by atoms with Crippen LogP contribution in [0.1, 0.15) is 12.0 Å². The van der Waals surface area contributed by atoms with Crippen molar-refractivity contribution in [1.82, 2.24) is 5.23 Å². The number of hydrogen-bond acceptors (Lipinski definition) is 3. The smallest absolute Gasteiger partial charge is 0.395 e. The molecule has 2 rings (SSSR count). The average Bonchev–Trinajstić information content (AvgIpc) is 2.30. The molecule has 16 heavy (non-hydrogen) atoms. The Morgan fingerprint density at radius 2 is 2.50 bits per heavy atom. The number of benzene rings is 1. The Kier molecular flexibility index (Phi) is 3.91. The Balaban J connectivity index is 1.97. The molecule has 5 heteroatoms. The first-order chi connectivity index (χ1) is 7.81. The van der Waals surface area contributed by atoms with Crippen LogP contribution in [0.15, 0.2) is 18.2 Å². The van der Waals surface area contributed by atoms with Crippen LogP contribution in [0.2, 0.25) is 0 Å². The summed E-state index contributed by atoms with van der Waals surface area (Å²) in [4.78, 5) is 0. The lowest BCUT2D eigenvalue weighted by molar-refractivity contribution is 0.177. The Morgan fingerprint density at radius 1 is 1.62 bits per heavy atom. The van der Waals surface area contributed by atoms with Crippen LogP contribution in [-0.2, 0) is 11.1 Å². The molecular weight excluding hydrogens is 200 g/mol. The second-order valence-corrected chi connectivity index (χ2v) is 3.88. The maximum absolute atomic E-state index is 5.88. The van der Waals surface area contributed by atoms with Gasteiger partial charge in [-0.3, -0.25) is 0 Å². The van der Waals surface area contributed by atoms with Gasteiger partial charge >= 0.3 is 7.62 Å². The van der Waals surface area contributed by atoms with Gasteiger partial charge in [-0.05, 0) is 18.4 Å². The molecule has 1 aliphatic heterocycles. The molecule has 1 aliphatic rings. The van der Waals surface area contributed by atoms with Crippen molar-refractivity contribution in [3.05, 3.63) is 23.8 Å². The van der Waals surface area contributed by atoms with E-state index in [2.05, 4.69) is 11.3 Å². The minimum absolute atomic E-state index is 0.156. The van der Waals surface area contributed by atoms with Crippen molar-refractivity contribution in [2.45, 2.75) is 18.9 Å². The van der Waals surface area contributed by atoms with Gasteiger partial charge in [-0.2, -0.15) is 0 Å². The van der Waals surface area contributed by atoms with E-state index < -0.39 is 0 Å². The molecule has 1 aromatic rings. The highest BCUT2D eigenvalue weighted by Gasteiger charge is 2.20. The third-order valence-corrected chi connectivity index (χ3v) is 2.69. The van der Waals surface area contributed by atoms with Crippen molar-refractivity contribution in [3.8, 4) is 5.75 Å². The van der Waals surface area contributed by atoms with Gasteiger partial charge in [-0.25, -0.2) is 0 Å². The van der Waals surface area contributed by atoms with Crippen molar-refractivity contribution < 1.29 is 9.39 Å². The van der Waals surface area contributed by atoms with Gasteiger partial charge in [0, 0.05) is 13.7 Å². The third-order valence-electron chi connectivity index (χ3n) is 2.69. The largest absolute Gasteiger partial charge is 0.489 e. The highest BCUT2D eigenvalue weighted by molar-refractivity contribution is 6.34. The lowest BCUT2D eigenvalue weighted by Crippen LogP contribution is -2.37. The molecule has 1 atom stereocenters. The number of para-hydroxylation sites is 1. The zero-order chi connectivity index (χ0) is 11.4. The number of nitrogens with one attached hydrogen (secondary N) is 1. The SMILES string of the molecule is [B]c1cccc2c1O[C@@H](CN[B]OC)CC2. The lowest BCUT2D eigenvalue weighted by Gasteiger charge is -2.27. The van der Waals surface area contributed by atoms with Crippen LogP contribution in [0.4, 0.5) is 0 Å². The summed E-state index contributed by atoms with van der Waals surface area (Å²) in [5, 5.41) is 3.04. The topological polar surface area (TPSA) is 30.5 Å². The average molecular weight is 214 g/mol. The fraction of sp³-hybridized carbons (Fsp3) is 0.455. The summed E-state index contributed by atoms with van der Waals surface area (Å²) in [6.45, 7) is 0.738. The van der Waals surface area contributed by atoms with Gasteiger partial charge in [-0.1, -0.05) is 23.7 Å². The fourth-order valence-corrected chi connectivity index (χ4v) is 1.89. The molecule has 0 aromatic heterocycles. The minimum Gasteiger partial charge on any atom is -0.489 e. The normalized spacial score (nSPS) is 18.7. The van der Waals surface area contributed by atoms with E-state index >= 15 is 0 Å². The summed E-state index contributed by atoms with van der Waals surface area (Å²) in [5.41, 5.74) is 1.92. The van der Waals surface area contributed by atoms with E-state index in [-0.39, 0.29) is 6.10 Å². The van der Waals surface area contributed by atoms with Crippen LogP contribution < -0.4 is 15.4 Å². The van der Waals surface area contributed by atoms with Crippen molar-refractivity contribution >= 4 is 20.9 Å². The lowest BCUT2D eigenvalue weighted by atomic mass is 9.89. The van der Waals surface area contributed by atoms with Crippen molar-refractivity contribution in [3.63, 3.8) is 0 Å². The summed E-state index contributed by atoms with van der Waals surface area (Å²) in [7, 11) is 9.06. The maximum atomic E-state index is 5.88. The van der Waals surface area contributed by atoms with Crippen LogP contribution in [0.25, 0.3) is 0 Å². The van der Waals surface area contributed by atoms with E-state index in [1.807, 2.05) is 12.1 Å². The summed E-state index contributed by atoms with van der Waals surface area (Å²) >= 11 is 0. The fourth-order valence-electron chi connectivity index (χ4n) is 1.89.